The van der Waals surface area contributed by atoms with Crippen molar-refractivity contribution < 1.29 is 4.79 Å². The summed E-state index contributed by atoms with van der Waals surface area (Å²) in [6.07, 6.45) is 0. The molecule has 0 saturated carbocycles. The van der Waals surface area contributed by atoms with E-state index in [4.69, 9.17) is 0 Å². The van der Waals surface area contributed by atoms with Crippen molar-refractivity contribution in [1.29, 1.82) is 0 Å². The average molecular weight is 281 g/mol. The number of anilines is 1. The zero-order valence-electron chi connectivity index (χ0n) is 10.3. The predicted molar refractivity (Wildman–Crippen MR) is 78.2 cm³/mol. The van der Waals surface area contributed by atoms with Crippen molar-refractivity contribution in [3.05, 3.63) is 18.2 Å². The highest BCUT2D eigenvalue weighted by atomic mass is 32.2. The Morgan fingerprint density at radius 2 is 2.28 bits per heavy atom. The molecule has 96 valence electrons. The fourth-order valence-electron chi connectivity index (χ4n) is 1.48. The first kappa shape index (κ1) is 13.3. The zero-order chi connectivity index (χ0) is 13.0. The summed E-state index contributed by atoms with van der Waals surface area (Å²) in [5.74, 6) is 2.09. The number of hydrogen-bond acceptors (Lipinski definition) is 5. The third kappa shape index (κ3) is 3.43. The molecule has 1 aromatic heterocycles. The van der Waals surface area contributed by atoms with Crippen LogP contribution >= 0.6 is 23.5 Å². The van der Waals surface area contributed by atoms with Gasteiger partial charge < -0.3 is 5.32 Å². The van der Waals surface area contributed by atoms with Crippen LogP contribution in [-0.2, 0) is 4.79 Å². The minimum Gasteiger partial charge on any atom is -0.323 e. The first-order valence-corrected chi connectivity index (χ1v) is 7.64. The lowest BCUT2D eigenvalue weighted by Gasteiger charge is -2.06. The van der Waals surface area contributed by atoms with Crippen molar-refractivity contribution in [2.45, 2.75) is 13.8 Å². The van der Waals surface area contributed by atoms with Gasteiger partial charge in [0.1, 0.15) is 11.0 Å². The van der Waals surface area contributed by atoms with Crippen molar-refractivity contribution in [3.63, 3.8) is 0 Å². The van der Waals surface area contributed by atoms with Crippen LogP contribution in [0, 0.1) is 5.92 Å². The summed E-state index contributed by atoms with van der Waals surface area (Å²) < 4.78 is 8.34. The van der Waals surface area contributed by atoms with Gasteiger partial charge in [0.05, 0.1) is 23.2 Å². The van der Waals surface area contributed by atoms with Crippen molar-refractivity contribution in [1.82, 2.24) is 8.75 Å². The van der Waals surface area contributed by atoms with Gasteiger partial charge in [-0.1, -0.05) is 19.9 Å². The van der Waals surface area contributed by atoms with Crippen molar-refractivity contribution in [3.8, 4) is 0 Å². The van der Waals surface area contributed by atoms with E-state index < -0.39 is 0 Å². The smallest absolute Gasteiger partial charge is 0.234 e. The summed E-state index contributed by atoms with van der Waals surface area (Å²) in [5, 5.41) is 2.89. The predicted octanol–water partition coefficient (Wildman–Crippen LogP) is 3.02. The molecule has 0 bridgehead atoms. The highest BCUT2D eigenvalue weighted by Gasteiger charge is 2.08. The van der Waals surface area contributed by atoms with Gasteiger partial charge in [-0.05, 0) is 23.8 Å². The molecule has 0 aliphatic carbocycles. The number of rotatable bonds is 5. The quantitative estimate of drug-likeness (QED) is 0.915. The SMILES string of the molecule is CC(C)CSCC(=O)Nc1cccc2nsnc12. The Morgan fingerprint density at radius 1 is 1.44 bits per heavy atom. The van der Waals surface area contributed by atoms with Crippen molar-refractivity contribution in [2.75, 3.05) is 16.8 Å². The first-order chi connectivity index (χ1) is 8.66. The molecule has 0 aliphatic heterocycles. The molecule has 0 unspecified atom stereocenters. The van der Waals surface area contributed by atoms with Crippen LogP contribution in [0.5, 0.6) is 0 Å². The maximum atomic E-state index is 11.8. The summed E-state index contributed by atoms with van der Waals surface area (Å²) in [7, 11) is 0. The Balaban J connectivity index is 1.96. The molecule has 0 atom stereocenters. The van der Waals surface area contributed by atoms with E-state index in [1.54, 1.807) is 11.8 Å². The number of nitrogens with one attached hydrogen (secondary N) is 1. The maximum absolute atomic E-state index is 11.8. The molecule has 0 spiro atoms. The normalized spacial score (nSPS) is 11.1. The fourth-order valence-corrected chi connectivity index (χ4v) is 2.88. The van der Waals surface area contributed by atoms with E-state index in [1.807, 2.05) is 18.2 Å². The molecule has 2 aromatic rings. The van der Waals surface area contributed by atoms with Crippen LogP contribution in [0.25, 0.3) is 11.0 Å². The van der Waals surface area contributed by atoms with Gasteiger partial charge in [0.2, 0.25) is 5.91 Å². The summed E-state index contributed by atoms with van der Waals surface area (Å²) in [4.78, 5) is 11.8. The van der Waals surface area contributed by atoms with Crippen LogP contribution in [-0.4, -0.2) is 26.2 Å². The van der Waals surface area contributed by atoms with Crippen LogP contribution in [0.1, 0.15) is 13.8 Å². The number of fused-ring (bicyclic) bond motifs is 1. The van der Waals surface area contributed by atoms with Crippen LogP contribution in [0.4, 0.5) is 5.69 Å². The lowest BCUT2D eigenvalue weighted by molar-refractivity contribution is -0.113. The number of carbonyl (C=O) groups is 1. The minimum atomic E-state index is 0.0150. The third-order valence-electron chi connectivity index (χ3n) is 2.24. The largest absolute Gasteiger partial charge is 0.323 e. The maximum Gasteiger partial charge on any atom is 0.234 e. The zero-order valence-corrected chi connectivity index (χ0v) is 12.0. The molecule has 1 amide bonds. The molecule has 0 fully saturated rings. The van der Waals surface area contributed by atoms with E-state index in [9.17, 15) is 4.79 Å². The second-order valence-corrected chi connectivity index (χ2v) is 5.95. The Morgan fingerprint density at radius 3 is 3.06 bits per heavy atom. The van der Waals surface area contributed by atoms with Gasteiger partial charge >= 0.3 is 0 Å². The summed E-state index contributed by atoms with van der Waals surface area (Å²) >= 11 is 2.81. The number of hydrogen-bond donors (Lipinski definition) is 1. The van der Waals surface area contributed by atoms with Gasteiger partial charge in [0.25, 0.3) is 0 Å². The average Bonchev–Trinajstić information content (AvgIpc) is 2.77. The third-order valence-corrected chi connectivity index (χ3v) is 4.16. The van der Waals surface area contributed by atoms with Gasteiger partial charge in [-0.15, -0.1) is 0 Å². The molecule has 1 heterocycles. The van der Waals surface area contributed by atoms with E-state index in [1.165, 1.54) is 0 Å². The highest BCUT2D eigenvalue weighted by molar-refractivity contribution is 7.99. The Bertz CT molecular complexity index is 539. The van der Waals surface area contributed by atoms with Gasteiger partial charge in [-0.3, -0.25) is 4.79 Å². The molecule has 4 nitrogen and oxygen atoms in total. The number of thioether (sulfide) groups is 1. The molecule has 1 aromatic carbocycles. The van der Waals surface area contributed by atoms with Crippen molar-refractivity contribution in [2.24, 2.45) is 5.92 Å². The van der Waals surface area contributed by atoms with E-state index >= 15 is 0 Å². The van der Waals surface area contributed by atoms with E-state index in [0.717, 1.165) is 34.2 Å². The van der Waals surface area contributed by atoms with Crippen LogP contribution in [0.3, 0.4) is 0 Å². The topological polar surface area (TPSA) is 54.9 Å². The summed E-state index contributed by atoms with van der Waals surface area (Å²) in [6.45, 7) is 4.29. The molecule has 18 heavy (non-hydrogen) atoms. The molecule has 2 rings (SSSR count). The van der Waals surface area contributed by atoms with E-state index in [-0.39, 0.29) is 5.91 Å². The second kappa shape index (κ2) is 6.15. The van der Waals surface area contributed by atoms with Crippen LogP contribution in [0.2, 0.25) is 0 Å². The number of amides is 1. The van der Waals surface area contributed by atoms with E-state index in [0.29, 0.717) is 11.7 Å². The molecular weight excluding hydrogens is 266 g/mol. The minimum absolute atomic E-state index is 0.0150. The van der Waals surface area contributed by atoms with Crippen molar-refractivity contribution >= 4 is 46.1 Å². The number of carbonyl (C=O) groups excluding carboxylic acids is 1. The molecular formula is C12H15N3OS2. The van der Waals surface area contributed by atoms with E-state index in [2.05, 4.69) is 27.9 Å². The molecule has 6 heteroatoms. The molecule has 0 saturated heterocycles. The van der Waals surface area contributed by atoms with Gasteiger partial charge in [-0.25, -0.2) is 0 Å². The monoisotopic (exact) mass is 281 g/mol. The number of nitrogens with zero attached hydrogens (tertiary/aromatic N) is 2. The lowest BCUT2D eigenvalue weighted by atomic mass is 10.2. The standard InChI is InChI=1S/C12H15N3OS2/c1-8(2)6-17-7-11(16)13-9-4-3-5-10-12(9)15-18-14-10/h3-5,8H,6-7H2,1-2H3,(H,13,16). The Kier molecular flexibility index (Phi) is 4.54. The second-order valence-electron chi connectivity index (χ2n) is 4.39. The van der Waals surface area contributed by atoms with Crippen LogP contribution in [0.15, 0.2) is 18.2 Å². The lowest BCUT2D eigenvalue weighted by Crippen LogP contribution is -2.15. The van der Waals surface area contributed by atoms with Gasteiger partial charge in [-0.2, -0.15) is 20.5 Å². The first-order valence-electron chi connectivity index (χ1n) is 5.75. The molecule has 0 radical (unpaired) electrons. The number of aromatic nitrogens is 2. The fraction of sp³-hybridized carbons (Fsp3) is 0.417. The summed E-state index contributed by atoms with van der Waals surface area (Å²) in [5.41, 5.74) is 2.34. The molecule has 0 aliphatic rings. The molecule has 1 N–H and O–H groups in total. The van der Waals surface area contributed by atoms with Crippen LogP contribution < -0.4 is 5.32 Å². The summed E-state index contributed by atoms with van der Waals surface area (Å²) in [6, 6.07) is 5.62. The highest BCUT2D eigenvalue weighted by Crippen LogP contribution is 2.21. The number of benzene rings is 1. The van der Waals surface area contributed by atoms with Gasteiger partial charge in [0, 0.05) is 0 Å². The Hall–Kier alpha value is -1.14. The Labute approximate surface area is 114 Å². The van der Waals surface area contributed by atoms with Gasteiger partial charge in [0.15, 0.2) is 0 Å².